The predicted octanol–water partition coefficient (Wildman–Crippen LogP) is 2.71. The minimum Gasteiger partial charge on any atom is -0.325 e. The topological polar surface area (TPSA) is 44.4 Å². The van der Waals surface area contributed by atoms with Gasteiger partial charge in [-0.05, 0) is 38.2 Å². The Morgan fingerprint density at radius 2 is 2.05 bits per heavy atom. The van der Waals surface area contributed by atoms with Gasteiger partial charge in [-0.1, -0.05) is 35.8 Å². The summed E-state index contributed by atoms with van der Waals surface area (Å²) in [5.41, 5.74) is 0.808. The zero-order valence-electron chi connectivity index (χ0n) is 12.4. The lowest BCUT2D eigenvalue weighted by Crippen LogP contribution is -2.42. The smallest absolute Gasteiger partial charge is 0.238 e. The van der Waals surface area contributed by atoms with Gasteiger partial charge in [0.2, 0.25) is 5.91 Å². The van der Waals surface area contributed by atoms with E-state index in [4.69, 9.17) is 0 Å². The monoisotopic (exact) mass is 341 g/mol. The minimum atomic E-state index is -0.0190. The number of nitrogens with zero attached hydrogens (tertiary/aromatic N) is 1. The van der Waals surface area contributed by atoms with Crippen molar-refractivity contribution < 1.29 is 4.79 Å². The average molecular weight is 342 g/mol. The molecule has 0 spiro atoms. The van der Waals surface area contributed by atoms with E-state index in [0.717, 1.165) is 29.8 Å². The fourth-order valence-electron chi connectivity index (χ4n) is 1.97. The highest BCUT2D eigenvalue weighted by atomic mass is 79.9. The summed E-state index contributed by atoms with van der Waals surface area (Å²) in [5, 5.41) is 6.13. The molecule has 5 heteroatoms. The van der Waals surface area contributed by atoms with Crippen LogP contribution < -0.4 is 10.6 Å². The molecule has 20 heavy (non-hydrogen) atoms. The minimum absolute atomic E-state index is 0.0190. The molecule has 1 aromatic rings. The Hall–Kier alpha value is -0.910. The molecule has 1 rings (SSSR count). The van der Waals surface area contributed by atoms with E-state index < -0.39 is 0 Å². The highest BCUT2D eigenvalue weighted by Gasteiger charge is 2.09. The number of benzene rings is 1. The van der Waals surface area contributed by atoms with E-state index in [1.807, 2.05) is 24.3 Å². The molecule has 1 aromatic carbocycles. The van der Waals surface area contributed by atoms with Crippen LogP contribution in [-0.2, 0) is 4.79 Å². The number of nitrogens with one attached hydrogen (secondary N) is 2. The van der Waals surface area contributed by atoms with Crippen LogP contribution in [0.5, 0.6) is 0 Å². The second-order valence-electron chi connectivity index (χ2n) is 4.83. The fourth-order valence-corrected chi connectivity index (χ4v) is 2.37. The second-order valence-corrected chi connectivity index (χ2v) is 5.74. The van der Waals surface area contributed by atoms with Gasteiger partial charge < -0.3 is 15.5 Å². The molecular weight excluding hydrogens is 318 g/mol. The van der Waals surface area contributed by atoms with Crippen molar-refractivity contribution in [2.75, 3.05) is 31.5 Å². The van der Waals surface area contributed by atoms with Crippen LogP contribution in [0.3, 0.4) is 0 Å². The fraction of sp³-hybridized carbons (Fsp3) is 0.533. The number of halogens is 1. The summed E-state index contributed by atoms with van der Waals surface area (Å²) in [4.78, 5) is 14.2. The van der Waals surface area contributed by atoms with E-state index in [1.54, 1.807) is 0 Å². The largest absolute Gasteiger partial charge is 0.325 e. The van der Waals surface area contributed by atoms with Crippen molar-refractivity contribution in [2.45, 2.75) is 26.8 Å². The van der Waals surface area contributed by atoms with Gasteiger partial charge in [-0.25, -0.2) is 0 Å². The molecule has 0 aliphatic rings. The molecule has 0 aliphatic heterocycles. The number of hydrogen-bond acceptors (Lipinski definition) is 3. The van der Waals surface area contributed by atoms with Gasteiger partial charge >= 0.3 is 0 Å². The van der Waals surface area contributed by atoms with Crippen LogP contribution in [0.25, 0.3) is 0 Å². The lowest BCUT2D eigenvalue weighted by Gasteiger charge is -2.23. The normalized spacial score (nSPS) is 12.4. The van der Waals surface area contributed by atoms with Crippen LogP contribution in [0.4, 0.5) is 5.69 Å². The summed E-state index contributed by atoms with van der Waals surface area (Å²) in [5.74, 6) is -0.0190. The van der Waals surface area contributed by atoms with Crippen molar-refractivity contribution in [2.24, 2.45) is 0 Å². The van der Waals surface area contributed by atoms with Gasteiger partial charge in [0.05, 0.1) is 6.54 Å². The molecule has 0 aromatic heterocycles. The van der Waals surface area contributed by atoms with E-state index in [0.29, 0.717) is 12.6 Å². The Morgan fingerprint density at radius 3 is 2.65 bits per heavy atom. The number of carbonyl (C=O) groups is 1. The van der Waals surface area contributed by atoms with Crippen LogP contribution >= 0.6 is 15.9 Å². The molecular formula is C15H24BrN3O. The third-order valence-corrected chi connectivity index (χ3v) is 3.64. The van der Waals surface area contributed by atoms with Gasteiger partial charge in [-0.3, -0.25) is 4.79 Å². The van der Waals surface area contributed by atoms with Crippen molar-refractivity contribution in [1.82, 2.24) is 10.2 Å². The summed E-state index contributed by atoms with van der Waals surface area (Å²) in [7, 11) is 0. The quantitative estimate of drug-likeness (QED) is 0.764. The van der Waals surface area contributed by atoms with Crippen LogP contribution in [0.2, 0.25) is 0 Å². The molecule has 1 atom stereocenters. The Kier molecular flexibility index (Phi) is 7.80. The Bertz CT molecular complexity index is 421. The van der Waals surface area contributed by atoms with Crippen molar-refractivity contribution in [3.8, 4) is 0 Å². The molecule has 4 nitrogen and oxygen atoms in total. The SMILES string of the molecule is CCN(CC)CC(C)NCC(=O)Nc1cccc(Br)c1. The number of rotatable bonds is 8. The average Bonchev–Trinajstić information content (AvgIpc) is 2.42. The van der Waals surface area contributed by atoms with E-state index in [1.165, 1.54) is 0 Å². The molecule has 0 fully saturated rings. The van der Waals surface area contributed by atoms with E-state index in [9.17, 15) is 4.79 Å². The van der Waals surface area contributed by atoms with E-state index in [-0.39, 0.29) is 5.91 Å². The first-order valence-electron chi connectivity index (χ1n) is 7.06. The number of hydrogen-bond donors (Lipinski definition) is 2. The molecule has 0 saturated heterocycles. The van der Waals surface area contributed by atoms with E-state index in [2.05, 4.69) is 52.2 Å². The first-order chi connectivity index (χ1) is 9.55. The summed E-state index contributed by atoms with van der Waals surface area (Å²) in [6.45, 7) is 9.75. The molecule has 0 bridgehead atoms. The number of anilines is 1. The van der Waals surface area contributed by atoms with Crippen LogP contribution in [0.15, 0.2) is 28.7 Å². The maximum absolute atomic E-state index is 11.9. The highest BCUT2D eigenvalue weighted by Crippen LogP contribution is 2.15. The van der Waals surface area contributed by atoms with Gasteiger partial charge in [0.15, 0.2) is 0 Å². The maximum Gasteiger partial charge on any atom is 0.238 e. The Labute approximate surface area is 130 Å². The van der Waals surface area contributed by atoms with Crippen molar-refractivity contribution in [1.29, 1.82) is 0 Å². The first-order valence-corrected chi connectivity index (χ1v) is 7.85. The summed E-state index contributed by atoms with van der Waals surface area (Å²) >= 11 is 3.38. The lowest BCUT2D eigenvalue weighted by atomic mass is 10.3. The molecule has 2 N–H and O–H groups in total. The van der Waals surface area contributed by atoms with Crippen LogP contribution in [-0.4, -0.2) is 43.0 Å². The third-order valence-electron chi connectivity index (χ3n) is 3.15. The van der Waals surface area contributed by atoms with Crippen molar-refractivity contribution in [3.05, 3.63) is 28.7 Å². The summed E-state index contributed by atoms with van der Waals surface area (Å²) in [6.07, 6.45) is 0. The highest BCUT2D eigenvalue weighted by molar-refractivity contribution is 9.10. The van der Waals surface area contributed by atoms with Crippen LogP contribution in [0, 0.1) is 0 Å². The number of carbonyl (C=O) groups excluding carboxylic acids is 1. The standard InChI is InChI=1S/C15H24BrN3O/c1-4-19(5-2)11-12(3)17-10-15(20)18-14-8-6-7-13(16)9-14/h6-9,12,17H,4-5,10-11H2,1-3H3,(H,18,20). The maximum atomic E-state index is 11.9. The zero-order chi connectivity index (χ0) is 15.0. The van der Waals surface area contributed by atoms with Gasteiger partial charge in [0, 0.05) is 22.7 Å². The predicted molar refractivity (Wildman–Crippen MR) is 88.0 cm³/mol. The van der Waals surface area contributed by atoms with E-state index >= 15 is 0 Å². The van der Waals surface area contributed by atoms with Gasteiger partial charge in [-0.15, -0.1) is 0 Å². The van der Waals surface area contributed by atoms with Gasteiger partial charge in [0.1, 0.15) is 0 Å². The zero-order valence-corrected chi connectivity index (χ0v) is 14.0. The molecule has 1 unspecified atom stereocenters. The molecule has 1 amide bonds. The molecule has 0 radical (unpaired) electrons. The summed E-state index contributed by atoms with van der Waals surface area (Å²) in [6, 6.07) is 7.89. The Balaban J connectivity index is 2.32. The molecule has 0 saturated carbocycles. The van der Waals surface area contributed by atoms with Crippen LogP contribution in [0.1, 0.15) is 20.8 Å². The number of amides is 1. The Morgan fingerprint density at radius 1 is 1.35 bits per heavy atom. The molecule has 0 aliphatic carbocycles. The lowest BCUT2D eigenvalue weighted by molar-refractivity contribution is -0.115. The molecule has 112 valence electrons. The third kappa shape index (κ3) is 6.50. The number of likely N-dealkylation sites (N-methyl/N-ethyl adjacent to an activating group) is 1. The first kappa shape index (κ1) is 17.1. The van der Waals surface area contributed by atoms with Gasteiger partial charge in [0.25, 0.3) is 0 Å². The second kappa shape index (κ2) is 9.10. The van der Waals surface area contributed by atoms with Crippen molar-refractivity contribution >= 4 is 27.5 Å². The van der Waals surface area contributed by atoms with Gasteiger partial charge in [-0.2, -0.15) is 0 Å². The summed E-state index contributed by atoms with van der Waals surface area (Å²) < 4.78 is 0.957. The molecule has 0 heterocycles. The van der Waals surface area contributed by atoms with Crippen molar-refractivity contribution in [3.63, 3.8) is 0 Å².